The van der Waals surface area contributed by atoms with Crippen molar-refractivity contribution in [3.8, 4) is 0 Å². The highest BCUT2D eigenvalue weighted by molar-refractivity contribution is 6.34. The number of hydrogen-bond acceptors (Lipinski definition) is 3. The van der Waals surface area contributed by atoms with Gasteiger partial charge in [0.1, 0.15) is 0 Å². The van der Waals surface area contributed by atoms with E-state index in [0.29, 0.717) is 10.6 Å². The Kier molecular flexibility index (Phi) is 5.12. The zero-order chi connectivity index (χ0) is 14.5. The summed E-state index contributed by atoms with van der Waals surface area (Å²) in [6, 6.07) is 5.63. The first-order valence-electron chi connectivity index (χ1n) is 7.10. The van der Waals surface area contributed by atoms with Crippen molar-refractivity contribution >= 4 is 23.1 Å². The Bertz CT molecular complexity index is 484. The van der Waals surface area contributed by atoms with Crippen molar-refractivity contribution in [2.24, 2.45) is 16.8 Å². The molecule has 5 heteroatoms. The molecule has 0 bridgehead atoms. The highest BCUT2D eigenvalue weighted by Crippen LogP contribution is 2.28. The van der Waals surface area contributed by atoms with Crippen LogP contribution in [-0.4, -0.2) is 24.6 Å². The lowest BCUT2D eigenvalue weighted by Gasteiger charge is -2.28. The van der Waals surface area contributed by atoms with Crippen LogP contribution < -0.4 is 10.6 Å². The lowest BCUT2D eigenvalue weighted by atomic mass is 9.89. The summed E-state index contributed by atoms with van der Waals surface area (Å²) in [5.74, 6) is 0.813. The molecule has 1 aromatic carbocycles. The van der Waals surface area contributed by atoms with Crippen LogP contribution in [0, 0.1) is 5.92 Å². The van der Waals surface area contributed by atoms with Gasteiger partial charge >= 0.3 is 0 Å². The SMILES string of the molecule is CN(CC1CCCCC1)c1ccc(C(N)=NO)c(Cl)c1. The minimum absolute atomic E-state index is 0.0384. The Balaban J connectivity index is 2.06. The first-order valence-corrected chi connectivity index (χ1v) is 7.48. The van der Waals surface area contributed by atoms with Gasteiger partial charge in [0.05, 0.1) is 5.02 Å². The molecule has 0 saturated heterocycles. The van der Waals surface area contributed by atoms with Gasteiger partial charge in [-0.15, -0.1) is 0 Å². The Morgan fingerprint density at radius 3 is 2.70 bits per heavy atom. The molecule has 2 rings (SSSR count). The van der Waals surface area contributed by atoms with E-state index in [1.165, 1.54) is 32.1 Å². The van der Waals surface area contributed by atoms with E-state index >= 15 is 0 Å². The number of rotatable bonds is 4. The van der Waals surface area contributed by atoms with Crippen LogP contribution in [0.2, 0.25) is 5.02 Å². The smallest absolute Gasteiger partial charge is 0.171 e. The molecule has 0 unspecified atom stereocenters. The highest BCUT2D eigenvalue weighted by Gasteiger charge is 2.16. The van der Waals surface area contributed by atoms with E-state index < -0.39 is 0 Å². The minimum Gasteiger partial charge on any atom is -0.409 e. The summed E-state index contributed by atoms with van der Waals surface area (Å²) in [4.78, 5) is 2.23. The third-order valence-corrected chi connectivity index (χ3v) is 4.35. The first kappa shape index (κ1) is 15.0. The molecular weight excluding hydrogens is 274 g/mol. The standard InChI is InChI=1S/C15H22ClN3O/c1-19(10-11-5-3-2-4-6-11)12-7-8-13(14(16)9-12)15(17)18-20/h7-9,11,20H,2-6,10H2,1H3,(H2,17,18). The van der Waals surface area contributed by atoms with Crippen molar-refractivity contribution in [2.75, 3.05) is 18.5 Å². The topological polar surface area (TPSA) is 61.8 Å². The number of halogens is 1. The molecule has 4 nitrogen and oxygen atoms in total. The number of hydrogen-bond donors (Lipinski definition) is 2. The number of benzene rings is 1. The van der Waals surface area contributed by atoms with E-state index in [2.05, 4.69) is 17.1 Å². The summed E-state index contributed by atoms with van der Waals surface area (Å²) < 4.78 is 0. The fraction of sp³-hybridized carbons (Fsp3) is 0.533. The van der Waals surface area contributed by atoms with Gasteiger partial charge in [-0.3, -0.25) is 0 Å². The predicted octanol–water partition coefficient (Wildman–Crippen LogP) is 3.45. The number of amidine groups is 1. The minimum atomic E-state index is 0.0384. The van der Waals surface area contributed by atoms with Gasteiger partial charge in [0.2, 0.25) is 0 Å². The van der Waals surface area contributed by atoms with Crippen molar-refractivity contribution in [3.63, 3.8) is 0 Å². The molecule has 0 atom stereocenters. The third kappa shape index (κ3) is 3.57. The van der Waals surface area contributed by atoms with Crippen molar-refractivity contribution in [1.29, 1.82) is 0 Å². The number of nitrogens with two attached hydrogens (primary N) is 1. The fourth-order valence-electron chi connectivity index (χ4n) is 2.87. The molecule has 3 N–H and O–H groups in total. The maximum atomic E-state index is 8.70. The van der Waals surface area contributed by atoms with Crippen LogP contribution in [0.4, 0.5) is 5.69 Å². The molecule has 0 heterocycles. The summed E-state index contributed by atoms with van der Waals surface area (Å²) in [5, 5.41) is 12.2. The molecule has 1 saturated carbocycles. The maximum Gasteiger partial charge on any atom is 0.171 e. The molecule has 0 spiro atoms. The molecular formula is C15H22ClN3O. The van der Waals surface area contributed by atoms with Crippen LogP contribution in [0.15, 0.2) is 23.4 Å². The van der Waals surface area contributed by atoms with Gasteiger partial charge in [-0.25, -0.2) is 0 Å². The summed E-state index contributed by atoms with van der Waals surface area (Å²) in [7, 11) is 2.09. The van der Waals surface area contributed by atoms with Crippen LogP contribution >= 0.6 is 11.6 Å². The van der Waals surface area contributed by atoms with Crippen LogP contribution in [-0.2, 0) is 0 Å². The normalized spacial score (nSPS) is 17.2. The molecule has 1 aliphatic rings. The molecule has 0 radical (unpaired) electrons. The van der Waals surface area contributed by atoms with Gasteiger partial charge in [-0.05, 0) is 37.0 Å². The quantitative estimate of drug-likeness (QED) is 0.387. The van der Waals surface area contributed by atoms with Gasteiger partial charge in [-0.2, -0.15) is 0 Å². The van der Waals surface area contributed by atoms with Crippen LogP contribution in [0.25, 0.3) is 0 Å². The zero-order valence-electron chi connectivity index (χ0n) is 11.8. The molecule has 20 heavy (non-hydrogen) atoms. The van der Waals surface area contributed by atoms with E-state index in [-0.39, 0.29) is 5.84 Å². The predicted molar refractivity (Wildman–Crippen MR) is 83.8 cm³/mol. The lowest BCUT2D eigenvalue weighted by molar-refractivity contribution is 0.318. The second-order valence-electron chi connectivity index (χ2n) is 5.53. The summed E-state index contributed by atoms with van der Waals surface area (Å²) >= 11 is 6.19. The van der Waals surface area contributed by atoms with E-state index in [0.717, 1.165) is 18.2 Å². The average molecular weight is 296 g/mol. The van der Waals surface area contributed by atoms with Gasteiger partial charge in [0.15, 0.2) is 5.84 Å². The Morgan fingerprint density at radius 1 is 1.40 bits per heavy atom. The van der Waals surface area contributed by atoms with Crippen LogP contribution in [0.3, 0.4) is 0 Å². The monoisotopic (exact) mass is 295 g/mol. The lowest BCUT2D eigenvalue weighted by Crippen LogP contribution is -2.27. The molecule has 110 valence electrons. The van der Waals surface area contributed by atoms with Gasteiger partial charge in [-0.1, -0.05) is 36.0 Å². The second-order valence-corrected chi connectivity index (χ2v) is 5.94. The van der Waals surface area contributed by atoms with Gasteiger partial charge in [0.25, 0.3) is 0 Å². The number of oxime groups is 1. The molecule has 0 aromatic heterocycles. The Labute approximate surface area is 125 Å². The van der Waals surface area contributed by atoms with Gasteiger partial charge in [0, 0.05) is 24.8 Å². The Hall–Kier alpha value is -1.42. The fourth-order valence-corrected chi connectivity index (χ4v) is 3.14. The number of anilines is 1. The third-order valence-electron chi connectivity index (χ3n) is 4.03. The highest BCUT2D eigenvalue weighted by atomic mass is 35.5. The van der Waals surface area contributed by atoms with Crippen molar-refractivity contribution in [1.82, 2.24) is 0 Å². The zero-order valence-corrected chi connectivity index (χ0v) is 12.6. The van der Waals surface area contributed by atoms with Crippen molar-refractivity contribution < 1.29 is 5.21 Å². The van der Waals surface area contributed by atoms with E-state index in [4.69, 9.17) is 22.5 Å². The average Bonchev–Trinajstić information content (AvgIpc) is 2.47. The second kappa shape index (κ2) is 6.84. The molecule has 0 amide bonds. The summed E-state index contributed by atoms with van der Waals surface area (Å²) in [6.45, 7) is 1.05. The van der Waals surface area contributed by atoms with Crippen molar-refractivity contribution in [3.05, 3.63) is 28.8 Å². The molecule has 1 fully saturated rings. The Morgan fingerprint density at radius 2 is 2.10 bits per heavy atom. The van der Waals surface area contributed by atoms with E-state index in [1.807, 2.05) is 12.1 Å². The molecule has 1 aliphatic carbocycles. The van der Waals surface area contributed by atoms with Crippen LogP contribution in [0.5, 0.6) is 0 Å². The maximum absolute atomic E-state index is 8.70. The van der Waals surface area contributed by atoms with Crippen LogP contribution in [0.1, 0.15) is 37.7 Å². The van der Waals surface area contributed by atoms with E-state index in [1.54, 1.807) is 6.07 Å². The van der Waals surface area contributed by atoms with Gasteiger partial charge < -0.3 is 15.8 Å². The first-order chi connectivity index (χ1) is 9.61. The number of nitrogens with zero attached hydrogens (tertiary/aromatic N) is 2. The molecule has 1 aromatic rings. The molecule has 0 aliphatic heterocycles. The largest absolute Gasteiger partial charge is 0.409 e. The van der Waals surface area contributed by atoms with E-state index in [9.17, 15) is 0 Å². The van der Waals surface area contributed by atoms with Crippen molar-refractivity contribution in [2.45, 2.75) is 32.1 Å². The summed E-state index contributed by atoms with van der Waals surface area (Å²) in [5.41, 5.74) is 7.20. The summed E-state index contributed by atoms with van der Waals surface area (Å²) in [6.07, 6.45) is 6.71.